The number of ether oxygens (including phenoxy) is 1. The molecule has 14 nitrogen and oxygen atoms in total. The molecule has 0 spiro atoms. The first kappa shape index (κ1) is 27.2. The van der Waals surface area contributed by atoms with Gasteiger partial charge in [-0.1, -0.05) is 0 Å². The number of benzene rings is 2. The molecule has 14 heteroatoms. The van der Waals surface area contributed by atoms with Gasteiger partial charge in [-0.3, -0.25) is 24.1 Å². The van der Waals surface area contributed by atoms with Crippen molar-refractivity contribution >= 4 is 47.6 Å². The summed E-state index contributed by atoms with van der Waals surface area (Å²) in [6.07, 6.45) is 1.76. The number of aromatic carboxylic acids is 2. The van der Waals surface area contributed by atoms with Crippen LogP contribution >= 0.6 is 0 Å². The summed E-state index contributed by atoms with van der Waals surface area (Å²) in [5.74, 6) is -6.54. The van der Waals surface area contributed by atoms with E-state index in [1.807, 2.05) is 0 Å². The highest BCUT2D eigenvalue weighted by Crippen LogP contribution is 2.24. The molecule has 3 amide bonds. The maximum absolute atomic E-state index is 11.8. The molecular formula is C24H18N2O12. The van der Waals surface area contributed by atoms with E-state index < -0.39 is 48.2 Å². The number of fused-ring (bicyclic) bond motifs is 2. The number of hydrogen-bond acceptors (Lipinski definition) is 9. The van der Waals surface area contributed by atoms with Gasteiger partial charge in [-0.05, 0) is 42.8 Å². The fourth-order valence-electron chi connectivity index (χ4n) is 3.49. The van der Waals surface area contributed by atoms with Crippen LogP contribution in [0.1, 0.15) is 75.0 Å². The Balaban J connectivity index is 0.000000176. The number of imide groups is 1. The molecule has 2 aromatic rings. The van der Waals surface area contributed by atoms with Crippen LogP contribution in [0.3, 0.4) is 0 Å². The Hall–Kier alpha value is -5.40. The zero-order chi connectivity index (χ0) is 28.1. The van der Waals surface area contributed by atoms with Crippen LogP contribution in [0.2, 0.25) is 0 Å². The van der Waals surface area contributed by atoms with Gasteiger partial charge < -0.3 is 25.4 Å². The van der Waals surface area contributed by atoms with E-state index in [1.165, 1.54) is 24.3 Å². The molecule has 38 heavy (non-hydrogen) atoms. The number of esters is 2. The molecule has 2 aromatic carbocycles. The molecule has 1 fully saturated rings. The molecule has 0 aliphatic carbocycles. The van der Waals surface area contributed by atoms with Crippen LogP contribution in [0.5, 0.6) is 0 Å². The predicted molar refractivity (Wildman–Crippen MR) is 122 cm³/mol. The Labute approximate surface area is 212 Å². The monoisotopic (exact) mass is 526 g/mol. The summed E-state index contributed by atoms with van der Waals surface area (Å²) >= 11 is 0. The molecule has 4 N–H and O–H groups in total. The molecule has 3 aliphatic rings. The lowest BCUT2D eigenvalue weighted by Crippen LogP contribution is -2.34. The zero-order valence-electron chi connectivity index (χ0n) is 19.3. The molecule has 0 unspecified atom stereocenters. The van der Waals surface area contributed by atoms with Gasteiger partial charge in [0.05, 0.1) is 33.4 Å². The van der Waals surface area contributed by atoms with Crippen LogP contribution in [0.4, 0.5) is 0 Å². The minimum atomic E-state index is -1.32. The Kier molecular flexibility index (Phi) is 7.95. The maximum atomic E-state index is 11.8. The maximum Gasteiger partial charge on any atom is 0.346 e. The Morgan fingerprint density at radius 2 is 1.29 bits per heavy atom. The normalized spacial score (nSPS) is 14.8. The van der Waals surface area contributed by atoms with E-state index in [9.17, 15) is 38.4 Å². The topological polar surface area (TPSA) is 222 Å². The fraction of sp³-hybridized carbons (Fsp3) is 0.167. The van der Waals surface area contributed by atoms with Crippen molar-refractivity contribution in [3.63, 3.8) is 0 Å². The highest BCUT2D eigenvalue weighted by atomic mass is 16.6. The number of aliphatic carboxylic acids is 1. The van der Waals surface area contributed by atoms with E-state index in [1.54, 1.807) is 0 Å². The third-order valence-corrected chi connectivity index (χ3v) is 5.31. The lowest BCUT2D eigenvalue weighted by molar-refractivity contribution is -0.137. The number of carbonyl (C=O) groups is 8. The third-order valence-electron chi connectivity index (χ3n) is 5.31. The number of hydrogen-bond donors (Lipinski definition) is 4. The first-order valence-electron chi connectivity index (χ1n) is 10.8. The molecule has 0 bridgehead atoms. The van der Waals surface area contributed by atoms with Gasteiger partial charge in [-0.25, -0.2) is 19.2 Å². The van der Waals surface area contributed by atoms with E-state index in [4.69, 9.17) is 15.3 Å². The van der Waals surface area contributed by atoms with Crippen molar-refractivity contribution in [2.24, 2.45) is 0 Å². The number of nitrogens with one attached hydrogen (secondary N) is 1. The second-order valence-electron chi connectivity index (χ2n) is 7.85. The summed E-state index contributed by atoms with van der Waals surface area (Å²) in [7, 11) is 0. The quantitative estimate of drug-likeness (QED) is 0.245. The van der Waals surface area contributed by atoms with Gasteiger partial charge in [0.2, 0.25) is 5.91 Å². The van der Waals surface area contributed by atoms with E-state index in [2.05, 4.69) is 10.1 Å². The van der Waals surface area contributed by atoms with Crippen LogP contribution < -0.4 is 5.32 Å². The summed E-state index contributed by atoms with van der Waals surface area (Å²) in [6, 6.07) is 7.12. The molecular weight excluding hydrogens is 508 g/mol. The second kappa shape index (κ2) is 11.1. The molecule has 0 atom stereocenters. The first-order valence-corrected chi connectivity index (χ1v) is 10.8. The second-order valence-corrected chi connectivity index (χ2v) is 7.85. The molecule has 1 saturated heterocycles. The van der Waals surface area contributed by atoms with E-state index in [0.717, 1.165) is 31.5 Å². The van der Waals surface area contributed by atoms with Crippen molar-refractivity contribution in [1.82, 2.24) is 10.2 Å². The number of nitrogens with zero attached hydrogens (tertiary/aromatic N) is 1. The average molecular weight is 526 g/mol. The van der Waals surface area contributed by atoms with E-state index >= 15 is 0 Å². The van der Waals surface area contributed by atoms with Crippen LogP contribution in [-0.4, -0.2) is 80.9 Å². The highest BCUT2D eigenvalue weighted by Gasteiger charge is 2.37. The number of rotatable bonds is 4. The summed E-state index contributed by atoms with van der Waals surface area (Å²) in [5.41, 5.74) is -0.121. The van der Waals surface area contributed by atoms with Gasteiger partial charge in [-0.15, -0.1) is 0 Å². The van der Waals surface area contributed by atoms with Crippen molar-refractivity contribution in [3.8, 4) is 0 Å². The van der Waals surface area contributed by atoms with Gasteiger partial charge in [0, 0.05) is 13.0 Å². The first-order chi connectivity index (χ1) is 17.9. The van der Waals surface area contributed by atoms with Crippen molar-refractivity contribution in [1.29, 1.82) is 0 Å². The van der Waals surface area contributed by atoms with Crippen LogP contribution in [0.25, 0.3) is 0 Å². The molecule has 5 rings (SSSR count). The molecule has 3 aliphatic heterocycles. The summed E-state index contributed by atoms with van der Waals surface area (Å²) in [6.45, 7) is 0.146. The van der Waals surface area contributed by atoms with Gasteiger partial charge in [0.1, 0.15) is 6.54 Å². The lowest BCUT2D eigenvalue weighted by atomic mass is 10.1. The van der Waals surface area contributed by atoms with Gasteiger partial charge in [-0.2, -0.15) is 0 Å². The molecule has 3 heterocycles. The number of carboxylic acids is 3. The number of amides is 3. The fourth-order valence-corrected chi connectivity index (χ4v) is 3.49. The van der Waals surface area contributed by atoms with Crippen molar-refractivity contribution in [2.75, 3.05) is 13.1 Å². The third kappa shape index (κ3) is 5.87. The van der Waals surface area contributed by atoms with Crippen LogP contribution in [-0.2, 0) is 14.3 Å². The molecule has 196 valence electrons. The Bertz CT molecular complexity index is 1400. The molecule has 0 aromatic heterocycles. The van der Waals surface area contributed by atoms with Crippen LogP contribution in [0, 0.1) is 0 Å². The minimum absolute atomic E-state index is 0.00917. The molecule has 0 saturated carbocycles. The predicted octanol–water partition coefficient (Wildman–Crippen LogP) is 0.657. The largest absolute Gasteiger partial charge is 0.480 e. The van der Waals surface area contributed by atoms with Crippen molar-refractivity contribution in [2.45, 2.75) is 12.8 Å². The average Bonchev–Trinajstić information content (AvgIpc) is 3.53. The Morgan fingerprint density at radius 3 is 1.76 bits per heavy atom. The molecule has 0 radical (unpaired) electrons. The van der Waals surface area contributed by atoms with Gasteiger partial charge >= 0.3 is 29.8 Å². The summed E-state index contributed by atoms with van der Waals surface area (Å²) in [4.78, 5) is 88.0. The lowest BCUT2D eigenvalue weighted by Gasteiger charge is -2.09. The SMILES string of the molecule is O=C(O)CN1C(=O)c2ccc(C(=O)O)cc2C1=O.O=C(O)c1ccc2c(c1)C(=O)OC2=O.O=C1CCCN1. The zero-order valence-corrected chi connectivity index (χ0v) is 19.3. The van der Waals surface area contributed by atoms with Gasteiger partial charge in [0.25, 0.3) is 11.8 Å². The highest BCUT2D eigenvalue weighted by molar-refractivity contribution is 6.22. The van der Waals surface area contributed by atoms with E-state index in [-0.39, 0.29) is 39.3 Å². The van der Waals surface area contributed by atoms with E-state index in [0.29, 0.717) is 4.90 Å². The number of carboxylic acid groups (broad SMARTS) is 3. The summed E-state index contributed by atoms with van der Waals surface area (Å²) < 4.78 is 4.30. The summed E-state index contributed by atoms with van der Waals surface area (Å²) in [5, 5.41) is 28.7. The van der Waals surface area contributed by atoms with Crippen molar-refractivity contribution in [3.05, 3.63) is 69.8 Å². The van der Waals surface area contributed by atoms with Crippen LogP contribution in [0.15, 0.2) is 36.4 Å². The van der Waals surface area contributed by atoms with Gasteiger partial charge in [0.15, 0.2) is 0 Å². The minimum Gasteiger partial charge on any atom is -0.480 e. The Morgan fingerprint density at radius 1 is 0.763 bits per heavy atom. The van der Waals surface area contributed by atoms with Crippen molar-refractivity contribution < 1.29 is 58.4 Å². The number of carbonyl (C=O) groups excluding carboxylic acids is 5. The smallest absolute Gasteiger partial charge is 0.346 e. The number of cyclic esters (lactones) is 2. The standard InChI is InChI=1S/C11H7NO6.C9H4O5.C4H7NO/c13-8(14)4-12-9(15)6-2-1-5(11(17)18)3-7(6)10(12)16;10-7(11)4-1-2-5-6(3-4)9(13)14-8(5)12;6-4-2-1-3-5-4/h1-3H,4H2,(H,13,14)(H,17,18);1-3H,(H,10,11);1-3H2,(H,5,6).